The van der Waals surface area contributed by atoms with Gasteiger partial charge in [0, 0.05) is 0 Å². The second-order valence-corrected chi connectivity index (χ2v) is 11.5. The first-order valence-electron chi connectivity index (χ1n) is 16.0. The number of unbranched alkanes of at least 4 members (excludes halogenated alkanes) is 5. The fourth-order valence-electron chi connectivity index (χ4n) is 3.98. The molecule has 0 bridgehead atoms. The Balaban J connectivity index is -0.000000108. The number of allylic oxidation sites excluding steroid dienone is 3. The third-order valence-electron chi connectivity index (χ3n) is 6.16. The molecule has 1 unspecified atom stereocenters. The molecule has 0 heterocycles. The Morgan fingerprint density at radius 2 is 1.35 bits per heavy atom. The minimum Gasteiger partial charge on any atom is -0.344 e. The number of rotatable bonds is 13. The summed E-state index contributed by atoms with van der Waals surface area (Å²) in [6, 6.07) is 8.65. The summed E-state index contributed by atoms with van der Waals surface area (Å²) in [4.78, 5) is 0. The van der Waals surface area contributed by atoms with Gasteiger partial charge in [-0.25, -0.2) is 0 Å². The number of benzene rings is 1. The first-order valence-corrected chi connectivity index (χ1v) is 16.0. The van der Waals surface area contributed by atoms with E-state index in [9.17, 15) is 0 Å². The summed E-state index contributed by atoms with van der Waals surface area (Å²) in [5.74, 6) is 0.875. The summed E-state index contributed by atoms with van der Waals surface area (Å²) >= 11 is 0. The average molecular weight is 565 g/mol. The zero-order valence-corrected chi connectivity index (χ0v) is 29.4. The molecule has 242 valence electrons. The van der Waals surface area contributed by atoms with Gasteiger partial charge in [-0.05, 0) is 81.9 Å². The van der Waals surface area contributed by atoms with Crippen molar-refractivity contribution in [2.24, 2.45) is 17.1 Å². The number of aryl methyl sites for hydroxylation is 1. The highest BCUT2D eigenvalue weighted by Crippen LogP contribution is 2.27. The van der Waals surface area contributed by atoms with Crippen molar-refractivity contribution in [2.75, 3.05) is 7.05 Å². The highest BCUT2D eigenvalue weighted by Gasteiger charge is 2.14. The molecule has 0 aliphatic rings. The maximum atomic E-state index is 4.50. The molecule has 1 rings (SSSR count). The number of nitrogens with two attached hydrogens (primary N) is 1. The minimum absolute atomic E-state index is 0. The molecule has 0 saturated carbocycles. The van der Waals surface area contributed by atoms with E-state index in [1.54, 1.807) is 5.57 Å². The maximum Gasteiger partial charge on any atom is -0.0195 e. The van der Waals surface area contributed by atoms with Gasteiger partial charge in [0.05, 0.1) is 0 Å². The predicted octanol–water partition coefficient (Wildman–Crippen LogP) is 13.8. The van der Waals surface area contributed by atoms with E-state index in [1.807, 2.05) is 13.8 Å². The summed E-state index contributed by atoms with van der Waals surface area (Å²) in [6.45, 7) is 30.8. The van der Waals surface area contributed by atoms with Gasteiger partial charge in [-0.2, -0.15) is 0 Å². The lowest BCUT2D eigenvalue weighted by atomic mass is 9.83. The Kier molecular flexibility index (Phi) is 48.3. The van der Waals surface area contributed by atoms with E-state index in [0.29, 0.717) is 5.41 Å². The van der Waals surface area contributed by atoms with Gasteiger partial charge in [0.1, 0.15) is 0 Å². The van der Waals surface area contributed by atoms with E-state index in [-0.39, 0.29) is 13.6 Å². The lowest BCUT2D eigenvalue weighted by Crippen LogP contribution is -2.10. The summed E-state index contributed by atoms with van der Waals surface area (Å²) in [7, 11) is 1.50. The SMILES string of the molecule is C.C=C(CCCCC)c1ccc(C)cc1.CC.CC/C(C)=C/CCCC(C)CC(C)(C)C.CCCCC.CN.N. The molecule has 0 aliphatic heterocycles. The van der Waals surface area contributed by atoms with Crippen LogP contribution in [0.4, 0.5) is 0 Å². The van der Waals surface area contributed by atoms with Gasteiger partial charge in [0.2, 0.25) is 0 Å². The molecule has 1 atom stereocenters. The van der Waals surface area contributed by atoms with Crippen LogP contribution in [0, 0.1) is 18.3 Å². The van der Waals surface area contributed by atoms with Crippen LogP contribution in [-0.2, 0) is 0 Å². The molecular weight excluding hydrogens is 484 g/mol. The van der Waals surface area contributed by atoms with Crippen LogP contribution in [0.1, 0.15) is 172 Å². The van der Waals surface area contributed by atoms with Crippen molar-refractivity contribution in [1.29, 1.82) is 0 Å². The number of hydrogen-bond acceptors (Lipinski definition) is 2. The molecule has 2 nitrogen and oxygen atoms in total. The smallest absolute Gasteiger partial charge is 0.0195 e. The summed E-state index contributed by atoms with van der Waals surface area (Å²) in [5, 5.41) is 0. The van der Waals surface area contributed by atoms with Crippen molar-refractivity contribution in [1.82, 2.24) is 6.15 Å². The van der Waals surface area contributed by atoms with E-state index in [4.69, 9.17) is 0 Å². The van der Waals surface area contributed by atoms with Gasteiger partial charge in [-0.3, -0.25) is 0 Å². The standard InChI is InChI=1S/C15H30.C14H20.C5H12.C2H6.CH5N.CH4.H3N/c1-7-13(2)10-8-9-11-14(3)12-15(4,5)6;1-4-5-6-7-13(3)14-10-8-12(2)9-11-14;1-3-5-4-2;2*1-2;;/h10,14H,7-9,11-12H2,1-6H3;8-11H,3-7H2,1-2H3;3-5H2,1-2H3;1-2H3;2H2,1H3;1H4;1H3/b13-10+;;;;;;. The van der Waals surface area contributed by atoms with Crippen molar-refractivity contribution in [3.8, 4) is 0 Å². The third kappa shape index (κ3) is 41.1. The molecule has 0 radical (unpaired) electrons. The van der Waals surface area contributed by atoms with E-state index < -0.39 is 0 Å². The molecule has 0 amide bonds. The van der Waals surface area contributed by atoms with Crippen LogP contribution in [0.2, 0.25) is 0 Å². The van der Waals surface area contributed by atoms with Crippen LogP contribution in [-0.4, -0.2) is 7.05 Å². The van der Waals surface area contributed by atoms with Crippen molar-refractivity contribution in [3.63, 3.8) is 0 Å². The van der Waals surface area contributed by atoms with Crippen molar-refractivity contribution < 1.29 is 0 Å². The Morgan fingerprint density at radius 3 is 1.73 bits per heavy atom. The largest absolute Gasteiger partial charge is 0.344 e. The molecular formula is C38H80N2. The zero-order valence-electron chi connectivity index (χ0n) is 29.4. The third-order valence-corrected chi connectivity index (χ3v) is 6.16. The summed E-state index contributed by atoms with van der Waals surface area (Å²) < 4.78 is 0. The average Bonchev–Trinajstić information content (AvgIpc) is 2.89. The van der Waals surface area contributed by atoms with Gasteiger partial charge >= 0.3 is 0 Å². The normalized spacial score (nSPS) is 10.7. The quantitative estimate of drug-likeness (QED) is 0.185. The molecule has 2 heteroatoms. The second kappa shape index (κ2) is 37.6. The Bertz CT molecular complexity index is 618. The molecule has 5 N–H and O–H groups in total. The van der Waals surface area contributed by atoms with Gasteiger partial charge in [-0.1, -0.05) is 163 Å². The van der Waals surface area contributed by atoms with Crippen LogP contribution in [0.25, 0.3) is 5.57 Å². The summed E-state index contributed by atoms with van der Waals surface area (Å²) in [5.41, 5.74) is 10.4. The maximum absolute atomic E-state index is 4.50. The van der Waals surface area contributed by atoms with Crippen molar-refractivity contribution >= 4 is 5.57 Å². The molecule has 0 fully saturated rings. The Morgan fingerprint density at radius 1 is 0.875 bits per heavy atom. The first-order chi connectivity index (χ1) is 18.0. The van der Waals surface area contributed by atoms with Gasteiger partial charge in [-0.15, -0.1) is 0 Å². The highest BCUT2D eigenvalue weighted by molar-refractivity contribution is 5.63. The fourth-order valence-corrected chi connectivity index (χ4v) is 3.98. The molecule has 40 heavy (non-hydrogen) atoms. The first kappa shape index (κ1) is 51.4. The van der Waals surface area contributed by atoms with Crippen LogP contribution >= 0.6 is 0 Å². The highest BCUT2D eigenvalue weighted by atomic mass is 14.4. The molecule has 0 spiro atoms. The molecule has 0 saturated heterocycles. The van der Waals surface area contributed by atoms with Crippen LogP contribution in [0.15, 0.2) is 42.5 Å². The van der Waals surface area contributed by atoms with E-state index in [1.165, 1.54) is 94.4 Å². The molecule has 1 aromatic rings. The minimum atomic E-state index is 0. The monoisotopic (exact) mass is 565 g/mol. The Hall–Kier alpha value is -1.38. The van der Waals surface area contributed by atoms with Gasteiger partial charge < -0.3 is 11.9 Å². The van der Waals surface area contributed by atoms with Crippen molar-refractivity contribution in [3.05, 3.63) is 53.6 Å². The lowest BCUT2D eigenvalue weighted by molar-refractivity contribution is 0.294. The topological polar surface area (TPSA) is 61.0 Å². The van der Waals surface area contributed by atoms with E-state index in [2.05, 4.69) is 112 Å². The van der Waals surface area contributed by atoms with Crippen LogP contribution in [0.5, 0.6) is 0 Å². The van der Waals surface area contributed by atoms with Crippen LogP contribution in [0.3, 0.4) is 0 Å². The zero-order chi connectivity index (χ0) is 30.4. The lowest BCUT2D eigenvalue weighted by Gasteiger charge is -2.23. The van der Waals surface area contributed by atoms with E-state index in [0.717, 1.165) is 12.3 Å². The summed E-state index contributed by atoms with van der Waals surface area (Å²) in [6.07, 6.45) is 18.0. The van der Waals surface area contributed by atoms with E-state index >= 15 is 0 Å². The number of hydrogen-bond donors (Lipinski definition) is 2. The van der Waals surface area contributed by atoms with Crippen molar-refractivity contribution in [2.45, 2.75) is 168 Å². The molecule has 1 aromatic carbocycles. The molecule has 0 aromatic heterocycles. The molecule has 0 aliphatic carbocycles. The Labute approximate surface area is 256 Å². The van der Waals surface area contributed by atoms with Gasteiger partial charge in [0.25, 0.3) is 0 Å². The fraction of sp³-hybridized carbons (Fsp3) is 0.737. The van der Waals surface area contributed by atoms with Gasteiger partial charge in [0.15, 0.2) is 0 Å². The predicted molar refractivity (Wildman–Crippen MR) is 194 cm³/mol. The van der Waals surface area contributed by atoms with Crippen LogP contribution < -0.4 is 11.9 Å². The second-order valence-electron chi connectivity index (χ2n) is 11.5.